The Labute approximate surface area is 217 Å². The number of nitrogens with one attached hydrogen (secondary N) is 2. The zero-order valence-electron chi connectivity index (χ0n) is 20.7. The minimum absolute atomic E-state index is 0.0382. The summed E-state index contributed by atoms with van der Waals surface area (Å²) in [6.07, 6.45) is 0. The summed E-state index contributed by atoms with van der Waals surface area (Å²) in [5, 5.41) is 6.96. The van der Waals surface area contributed by atoms with Crippen LogP contribution in [0.2, 0.25) is 0 Å². The number of esters is 1. The topological polar surface area (TPSA) is 127 Å². The number of methoxy groups -OCH3 is 2. The molecule has 4 rings (SSSR count). The maximum absolute atomic E-state index is 13.7. The Morgan fingerprint density at radius 3 is 2.38 bits per heavy atom. The predicted molar refractivity (Wildman–Crippen MR) is 136 cm³/mol. The molecule has 0 saturated carbocycles. The molecule has 192 valence electrons. The molecule has 3 aromatic rings. The zero-order valence-corrected chi connectivity index (χ0v) is 21.5. The molecule has 0 aliphatic carbocycles. The van der Waals surface area contributed by atoms with Crippen molar-refractivity contribution in [1.29, 1.82) is 0 Å². The van der Waals surface area contributed by atoms with Crippen molar-refractivity contribution >= 4 is 40.3 Å². The predicted octanol–water partition coefficient (Wildman–Crippen LogP) is 3.52. The van der Waals surface area contributed by atoms with E-state index in [0.29, 0.717) is 11.3 Å². The van der Waals surface area contributed by atoms with Gasteiger partial charge >= 0.3 is 12.0 Å². The molecule has 1 aliphatic heterocycles. The van der Waals surface area contributed by atoms with E-state index in [9.17, 15) is 19.2 Å². The van der Waals surface area contributed by atoms with Crippen molar-refractivity contribution in [3.05, 3.63) is 76.8 Å². The first-order valence-electron chi connectivity index (χ1n) is 11.3. The highest BCUT2D eigenvalue weighted by Crippen LogP contribution is 2.35. The van der Waals surface area contributed by atoms with Crippen LogP contribution in [0, 0.1) is 0 Å². The van der Waals surface area contributed by atoms with E-state index in [1.54, 1.807) is 38.1 Å². The van der Waals surface area contributed by atoms with Crippen molar-refractivity contribution in [2.75, 3.05) is 19.5 Å². The lowest BCUT2D eigenvalue weighted by molar-refractivity contribution is -0.136. The van der Waals surface area contributed by atoms with Gasteiger partial charge in [0.1, 0.15) is 17.8 Å². The second-order valence-corrected chi connectivity index (χ2v) is 9.73. The summed E-state index contributed by atoms with van der Waals surface area (Å²) in [6.45, 7) is 3.57. The van der Waals surface area contributed by atoms with Crippen LogP contribution >= 0.6 is 11.3 Å². The smallest absolute Gasteiger partial charge is 0.357 e. The number of hydrogen-bond acceptors (Lipinski definition) is 8. The van der Waals surface area contributed by atoms with E-state index in [0.717, 1.165) is 21.8 Å². The number of anilines is 1. The molecule has 11 heteroatoms. The van der Waals surface area contributed by atoms with Gasteiger partial charge < -0.3 is 20.1 Å². The highest BCUT2D eigenvalue weighted by atomic mass is 32.1. The van der Waals surface area contributed by atoms with Crippen molar-refractivity contribution in [2.45, 2.75) is 31.3 Å². The molecule has 1 saturated heterocycles. The summed E-state index contributed by atoms with van der Waals surface area (Å²) in [6, 6.07) is 13.0. The average Bonchev–Trinajstić information content (AvgIpc) is 3.48. The fraction of sp³-hybridized carbons (Fsp3) is 0.269. The van der Waals surface area contributed by atoms with Gasteiger partial charge in [0.2, 0.25) is 5.91 Å². The third-order valence-electron chi connectivity index (χ3n) is 6.26. The number of carbonyl (C=O) groups is 4. The molecule has 1 fully saturated rings. The maximum Gasteiger partial charge on any atom is 0.357 e. The molecule has 37 heavy (non-hydrogen) atoms. The number of hydrogen-bond donors (Lipinski definition) is 2. The first kappa shape index (κ1) is 25.8. The number of carbonyl (C=O) groups excluding carboxylic acids is 4. The SMILES string of the molecule is COC(=O)c1csc(NC(=O)C(N2C(=O)NC(c3ccc(OC)cc3)C2=O)C(C)(C)c2ccccc2)n1. The summed E-state index contributed by atoms with van der Waals surface area (Å²) in [5.41, 5.74) is 0.352. The number of urea groups is 1. The largest absolute Gasteiger partial charge is 0.497 e. The van der Waals surface area contributed by atoms with E-state index in [1.165, 1.54) is 19.6 Å². The number of thiazole rings is 1. The Hall–Kier alpha value is -4.25. The standard InChI is InChI=1S/C26H26N4O6S/c1-26(2,16-8-6-5-7-9-16)20(21(31)29-24-27-18(14-37-24)23(33)36-4)30-22(32)19(28-25(30)34)15-10-12-17(35-3)13-11-15/h5-14,19-20H,1-4H3,(H,28,34)(H,27,29,31). The normalized spacial score (nSPS) is 16.2. The zero-order chi connectivity index (χ0) is 26.7. The van der Waals surface area contributed by atoms with Crippen LogP contribution < -0.4 is 15.4 Å². The van der Waals surface area contributed by atoms with Gasteiger partial charge in [0, 0.05) is 10.8 Å². The van der Waals surface area contributed by atoms with Gasteiger partial charge in [-0.1, -0.05) is 56.3 Å². The summed E-state index contributed by atoms with van der Waals surface area (Å²) >= 11 is 1.03. The summed E-state index contributed by atoms with van der Waals surface area (Å²) in [5.74, 6) is -1.23. The maximum atomic E-state index is 13.7. The van der Waals surface area contributed by atoms with E-state index in [2.05, 4.69) is 20.4 Å². The van der Waals surface area contributed by atoms with Crippen LogP contribution in [-0.2, 0) is 19.7 Å². The van der Waals surface area contributed by atoms with Crippen LogP contribution in [0.15, 0.2) is 60.0 Å². The molecule has 1 aromatic heterocycles. The average molecular weight is 523 g/mol. The second kappa shape index (κ2) is 10.4. The summed E-state index contributed by atoms with van der Waals surface area (Å²) < 4.78 is 9.85. The quantitative estimate of drug-likeness (QED) is 0.342. The van der Waals surface area contributed by atoms with Crippen LogP contribution in [0.1, 0.15) is 41.5 Å². The van der Waals surface area contributed by atoms with Gasteiger partial charge in [-0.15, -0.1) is 11.3 Å². The Kier molecular flexibility index (Phi) is 7.25. The van der Waals surface area contributed by atoms with Crippen molar-refractivity contribution in [3.8, 4) is 5.75 Å². The summed E-state index contributed by atoms with van der Waals surface area (Å²) in [4.78, 5) is 57.4. The number of aromatic nitrogens is 1. The van der Waals surface area contributed by atoms with Crippen LogP contribution in [0.4, 0.5) is 9.93 Å². The Bertz CT molecular complexity index is 1320. The molecule has 2 aromatic carbocycles. The van der Waals surface area contributed by atoms with Crippen molar-refractivity contribution in [2.24, 2.45) is 0 Å². The molecule has 2 unspecified atom stereocenters. The fourth-order valence-corrected chi connectivity index (χ4v) is 4.94. The molecule has 2 N–H and O–H groups in total. The number of rotatable bonds is 8. The second-order valence-electron chi connectivity index (χ2n) is 8.87. The Balaban J connectivity index is 1.70. The van der Waals surface area contributed by atoms with Crippen molar-refractivity contribution in [1.82, 2.24) is 15.2 Å². The van der Waals surface area contributed by atoms with E-state index < -0.39 is 41.3 Å². The van der Waals surface area contributed by atoms with Gasteiger partial charge in [-0.05, 0) is 23.3 Å². The lowest BCUT2D eigenvalue weighted by Crippen LogP contribution is -2.57. The lowest BCUT2D eigenvalue weighted by Gasteiger charge is -2.37. The highest BCUT2D eigenvalue weighted by Gasteiger charge is 2.51. The molecule has 10 nitrogen and oxygen atoms in total. The van der Waals surface area contributed by atoms with E-state index in [-0.39, 0.29) is 10.8 Å². The number of benzene rings is 2. The van der Waals surface area contributed by atoms with E-state index in [4.69, 9.17) is 4.74 Å². The number of amides is 4. The minimum Gasteiger partial charge on any atom is -0.497 e. The fourth-order valence-electron chi connectivity index (χ4n) is 4.26. The monoisotopic (exact) mass is 522 g/mol. The molecule has 0 radical (unpaired) electrons. The van der Waals surface area contributed by atoms with Crippen molar-refractivity contribution < 1.29 is 28.7 Å². The molecular formula is C26H26N4O6S. The molecule has 2 heterocycles. The van der Waals surface area contributed by atoms with Gasteiger partial charge in [-0.2, -0.15) is 0 Å². The molecular weight excluding hydrogens is 496 g/mol. The third kappa shape index (κ3) is 5.03. The number of nitrogens with zero attached hydrogens (tertiary/aromatic N) is 2. The molecule has 0 spiro atoms. The molecule has 0 bridgehead atoms. The highest BCUT2D eigenvalue weighted by molar-refractivity contribution is 7.14. The van der Waals surface area contributed by atoms with Crippen LogP contribution in [-0.4, -0.2) is 54.0 Å². The van der Waals surface area contributed by atoms with Gasteiger partial charge in [0.05, 0.1) is 14.2 Å². The first-order valence-corrected chi connectivity index (χ1v) is 12.2. The first-order chi connectivity index (χ1) is 17.7. The Morgan fingerprint density at radius 1 is 1.08 bits per heavy atom. The van der Waals surface area contributed by atoms with Crippen LogP contribution in [0.5, 0.6) is 5.75 Å². The van der Waals surface area contributed by atoms with Crippen LogP contribution in [0.25, 0.3) is 0 Å². The number of imide groups is 1. The van der Waals surface area contributed by atoms with Gasteiger partial charge in [0.15, 0.2) is 10.8 Å². The van der Waals surface area contributed by atoms with Crippen molar-refractivity contribution in [3.63, 3.8) is 0 Å². The Morgan fingerprint density at radius 2 is 1.76 bits per heavy atom. The van der Waals surface area contributed by atoms with E-state index >= 15 is 0 Å². The molecule has 1 aliphatic rings. The molecule has 4 amide bonds. The van der Waals surface area contributed by atoms with Gasteiger partial charge in [0.25, 0.3) is 5.91 Å². The van der Waals surface area contributed by atoms with Gasteiger partial charge in [-0.3, -0.25) is 9.59 Å². The van der Waals surface area contributed by atoms with Gasteiger partial charge in [-0.25, -0.2) is 19.5 Å². The molecule has 2 atom stereocenters. The van der Waals surface area contributed by atoms with E-state index in [1.807, 2.05) is 30.3 Å². The van der Waals surface area contributed by atoms with Crippen LogP contribution in [0.3, 0.4) is 0 Å². The number of ether oxygens (including phenoxy) is 2. The third-order valence-corrected chi connectivity index (χ3v) is 7.01. The summed E-state index contributed by atoms with van der Waals surface area (Å²) in [7, 11) is 2.76. The lowest BCUT2D eigenvalue weighted by atomic mass is 9.76. The minimum atomic E-state index is -1.24.